The number of hydrogen-bond donors (Lipinski definition) is 3. The van der Waals surface area contributed by atoms with Gasteiger partial charge in [0.2, 0.25) is 0 Å². The number of benzene rings is 1. The predicted octanol–water partition coefficient (Wildman–Crippen LogP) is 2.08. The van der Waals surface area contributed by atoms with Crippen molar-refractivity contribution in [3.8, 4) is 5.75 Å². The van der Waals surface area contributed by atoms with Crippen LogP contribution in [0.15, 0.2) is 18.2 Å². The molecule has 1 rings (SSSR count). The summed E-state index contributed by atoms with van der Waals surface area (Å²) >= 11 is 0. The van der Waals surface area contributed by atoms with E-state index in [1.54, 1.807) is 12.1 Å². The molecule has 0 saturated carbocycles. The normalized spacial score (nSPS) is 13.3. The lowest BCUT2D eigenvalue weighted by atomic mass is 10.0. The third-order valence-corrected chi connectivity index (χ3v) is 3.69. The Morgan fingerprint density at radius 3 is 2.77 bits per heavy atom. The van der Waals surface area contributed by atoms with Crippen LogP contribution in [-0.4, -0.2) is 37.4 Å². The van der Waals surface area contributed by atoms with Gasteiger partial charge < -0.3 is 20.5 Å². The Hall–Kier alpha value is -1.82. The molecule has 1 aromatic carbocycles. The molecular formula is C16H25FN2O3. The SMILES string of the molecule is CCC(C)C(O)CNC(=O)NCCc1ccc(F)c(OC)c1. The number of aliphatic hydroxyl groups is 1. The van der Waals surface area contributed by atoms with Gasteiger partial charge in [0.05, 0.1) is 13.2 Å². The average Bonchev–Trinajstić information content (AvgIpc) is 2.53. The highest BCUT2D eigenvalue weighted by Crippen LogP contribution is 2.18. The number of methoxy groups -OCH3 is 1. The van der Waals surface area contributed by atoms with Crippen LogP contribution in [0.4, 0.5) is 9.18 Å². The summed E-state index contributed by atoms with van der Waals surface area (Å²) in [5.74, 6) is -0.0680. The summed E-state index contributed by atoms with van der Waals surface area (Å²) in [6.45, 7) is 4.57. The second kappa shape index (κ2) is 9.25. The fraction of sp³-hybridized carbons (Fsp3) is 0.562. The van der Waals surface area contributed by atoms with Crippen molar-refractivity contribution in [1.29, 1.82) is 0 Å². The van der Waals surface area contributed by atoms with Gasteiger partial charge in [-0.05, 0) is 30.0 Å². The first kappa shape index (κ1) is 18.2. The Labute approximate surface area is 130 Å². The van der Waals surface area contributed by atoms with Gasteiger partial charge in [-0.25, -0.2) is 9.18 Å². The van der Waals surface area contributed by atoms with Gasteiger partial charge in [0.25, 0.3) is 0 Å². The molecule has 0 aliphatic carbocycles. The molecule has 0 aliphatic heterocycles. The van der Waals surface area contributed by atoms with Crippen molar-refractivity contribution < 1.29 is 19.0 Å². The maximum Gasteiger partial charge on any atom is 0.314 e. The summed E-state index contributed by atoms with van der Waals surface area (Å²) in [6, 6.07) is 4.29. The molecule has 0 fully saturated rings. The van der Waals surface area contributed by atoms with Crippen LogP contribution in [0, 0.1) is 11.7 Å². The van der Waals surface area contributed by atoms with Gasteiger partial charge in [-0.1, -0.05) is 26.3 Å². The zero-order valence-corrected chi connectivity index (χ0v) is 13.4. The Morgan fingerprint density at radius 2 is 2.14 bits per heavy atom. The first-order chi connectivity index (χ1) is 10.5. The van der Waals surface area contributed by atoms with E-state index in [0.717, 1.165) is 12.0 Å². The van der Waals surface area contributed by atoms with Gasteiger partial charge in [-0.3, -0.25) is 0 Å². The van der Waals surface area contributed by atoms with Crippen molar-refractivity contribution in [2.24, 2.45) is 5.92 Å². The number of hydrogen-bond acceptors (Lipinski definition) is 3. The first-order valence-electron chi connectivity index (χ1n) is 7.50. The molecule has 124 valence electrons. The van der Waals surface area contributed by atoms with E-state index in [9.17, 15) is 14.3 Å². The van der Waals surface area contributed by atoms with Gasteiger partial charge in [0.1, 0.15) is 0 Å². The molecule has 0 radical (unpaired) electrons. The van der Waals surface area contributed by atoms with Crippen LogP contribution in [0.5, 0.6) is 5.75 Å². The summed E-state index contributed by atoms with van der Waals surface area (Å²) in [7, 11) is 1.41. The van der Waals surface area contributed by atoms with Crippen LogP contribution in [0.1, 0.15) is 25.8 Å². The van der Waals surface area contributed by atoms with E-state index in [-0.39, 0.29) is 24.2 Å². The van der Waals surface area contributed by atoms with Gasteiger partial charge >= 0.3 is 6.03 Å². The summed E-state index contributed by atoms with van der Waals surface area (Å²) in [6.07, 6.45) is 0.881. The second-order valence-corrected chi connectivity index (χ2v) is 5.31. The molecule has 2 unspecified atom stereocenters. The van der Waals surface area contributed by atoms with Gasteiger partial charge in [0, 0.05) is 13.1 Å². The standard InChI is InChI=1S/C16H25FN2O3/c1-4-11(2)14(20)10-19-16(21)18-8-7-12-5-6-13(17)15(9-12)22-3/h5-6,9,11,14,20H,4,7-8,10H2,1-3H3,(H2,18,19,21). The van der Waals surface area contributed by atoms with Crippen molar-refractivity contribution in [3.05, 3.63) is 29.6 Å². The highest BCUT2D eigenvalue weighted by Gasteiger charge is 2.13. The number of carbonyl (C=O) groups is 1. The average molecular weight is 312 g/mol. The molecular weight excluding hydrogens is 287 g/mol. The number of ether oxygens (including phenoxy) is 1. The van der Waals surface area contributed by atoms with Crippen LogP contribution >= 0.6 is 0 Å². The number of nitrogens with one attached hydrogen (secondary N) is 2. The number of urea groups is 1. The van der Waals surface area contributed by atoms with Crippen LogP contribution < -0.4 is 15.4 Å². The Morgan fingerprint density at radius 1 is 1.41 bits per heavy atom. The molecule has 2 atom stereocenters. The molecule has 5 nitrogen and oxygen atoms in total. The summed E-state index contributed by atoms with van der Waals surface area (Å²) in [5, 5.41) is 15.1. The van der Waals surface area contributed by atoms with Gasteiger partial charge in [-0.15, -0.1) is 0 Å². The Bertz CT molecular complexity index is 482. The number of carbonyl (C=O) groups excluding carboxylic acids is 1. The Kier molecular flexibility index (Phi) is 7.66. The maximum absolute atomic E-state index is 13.3. The number of aliphatic hydroxyl groups excluding tert-OH is 1. The molecule has 1 aromatic rings. The van der Waals surface area contributed by atoms with E-state index in [1.807, 2.05) is 13.8 Å². The summed E-state index contributed by atoms with van der Waals surface area (Å²) in [5.41, 5.74) is 0.873. The van der Waals surface area contributed by atoms with E-state index in [2.05, 4.69) is 10.6 Å². The highest BCUT2D eigenvalue weighted by molar-refractivity contribution is 5.73. The largest absolute Gasteiger partial charge is 0.494 e. The molecule has 2 amide bonds. The fourth-order valence-electron chi connectivity index (χ4n) is 1.91. The zero-order chi connectivity index (χ0) is 16.5. The third-order valence-electron chi connectivity index (χ3n) is 3.69. The van der Waals surface area contributed by atoms with E-state index in [1.165, 1.54) is 13.2 Å². The lowest BCUT2D eigenvalue weighted by Gasteiger charge is -2.17. The summed E-state index contributed by atoms with van der Waals surface area (Å²) in [4.78, 5) is 11.6. The van der Waals surface area contributed by atoms with Crippen molar-refractivity contribution in [2.75, 3.05) is 20.2 Å². The van der Waals surface area contributed by atoms with E-state index in [0.29, 0.717) is 13.0 Å². The van der Waals surface area contributed by atoms with Gasteiger partial charge in [0.15, 0.2) is 11.6 Å². The minimum absolute atomic E-state index is 0.145. The minimum Gasteiger partial charge on any atom is -0.494 e. The molecule has 0 bridgehead atoms. The molecule has 6 heteroatoms. The van der Waals surface area contributed by atoms with E-state index < -0.39 is 11.9 Å². The van der Waals surface area contributed by atoms with E-state index >= 15 is 0 Å². The topological polar surface area (TPSA) is 70.6 Å². The van der Waals surface area contributed by atoms with Crippen LogP contribution in [0.2, 0.25) is 0 Å². The van der Waals surface area contributed by atoms with Crippen molar-refractivity contribution in [2.45, 2.75) is 32.8 Å². The molecule has 0 heterocycles. The number of halogens is 1. The first-order valence-corrected chi connectivity index (χ1v) is 7.50. The van der Waals surface area contributed by atoms with Crippen molar-refractivity contribution in [1.82, 2.24) is 10.6 Å². The zero-order valence-electron chi connectivity index (χ0n) is 13.4. The Balaban J connectivity index is 2.30. The molecule has 0 aromatic heterocycles. The predicted molar refractivity (Wildman–Crippen MR) is 83.5 cm³/mol. The van der Waals surface area contributed by atoms with Gasteiger partial charge in [-0.2, -0.15) is 0 Å². The number of rotatable bonds is 8. The van der Waals surface area contributed by atoms with Crippen LogP contribution in [0.3, 0.4) is 0 Å². The van der Waals surface area contributed by atoms with Crippen LogP contribution in [-0.2, 0) is 6.42 Å². The second-order valence-electron chi connectivity index (χ2n) is 5.31. The molecule has 3 N–H and O–H groups in total. The van der Waals surface area contributed by atoms with E-state index in [4.69, 9.17) is 4.74 Å². The third kappa shape index (κ3) is 5.89. The number of amides is 2. The monoisotopic (exact) mass is 312 g/mol. The fourth-order valence-corrected chi connectivity index (χ4v) is 1.91. The smallest absolute Gasteiger partial charge is 0.314 e. The quantitative estimate of drug-likeness (QED) is 0.688. The molecule has 0 spiro atoms. The molecule has 22 heavy (non-hydrogen) atoms. The minimum atomic E-state index is -0.544. The molecule has 0 aliphatic rings. The lowest BCUT2D eigenvalue weighted by molar-refractivity contribution is 0.114. The maximum atomic E-state index is 13.3. The molecule has 0 saturated heterocycles. The highest BCUT2D eigenvalue weighted by atomic mass is 19.1. The van der Waals surface area contributed by atoms with Crippen molar-refractivity contribution in [3.63, 3.8) is 0 Å². The summed E-state index contributed by atoms with van der Waals surface area (Å²) < 4.78 is 18.2. The van der Waals surface area contributed by atoms with Crippen molar-refractivity contribution >= 4 is 6.03 Å². The lowest BCUT2D eigenvalue weighted by Crippen LogP contribution is -2.42. The van der Waals surface area contributed by atoms with Crippen LogP contribution in [0.25, 0.3) is 0 Å².